The Morgan fingerprint density at radius 3 is 2.55 bits per heavy atom. The Hall–Kier alpha value is -4.52. The Labute approximate surface area is 224 Å². The Bertz CT molecular complexity index is 1990. The number of imidazole rings is 1. The van der Waals surface area contributed by atoms with E-state index in [-0.39, 0.29) is 5.82 Å². The first-order valence-electron chi connectivity index (χ1n) is 12.9. The highest BCUT2D eigenvalue weighted by molar-refractivity contribution is 5.95. The van der Waals surface area contributed by atoms with Crippen LogP contribution >= 0.6 is 0 Å². The number of rotatable bonds is 3. The Morgan fingerprint density at radius 2 is 1.80 bits per heavy atom. The van der Waals surface area contributed by atoms with Crippen molar-refractivity contribution < 1.29 is 18.3 Å². The molecule has 1 aliphatic heterocycles. The van der Waals surface area contributed by atoms with Crippen molar-refractivity contribution in [3.05, 3.63) is 59.8 Å². The topological polar surface area (TPSA) is 104 Å². The molecule has 1 aliphatic carbocycles. The molecule has 202 valence electrons. The number of benzene rings is 1. The van der Waals surface area contributed by atoms with Crippen molar-refractivity contribution in [2.75, 3.05) is 0 Å². The first-order valence-corrected chi connectivity index (χ1v) is 12.9. The van der Waals surface area contributed by atoms with Gasteiger partial charge in [0.2, 0.25) is 0 Å². The minimum absolute atomic E-state index is 0.0761. The summed E-state index contributed by atoms with van der Waals surface area (Å²) in [5, 5.41) is 25.7. The molecule has 1 aromatic carbocycles. The molecule has 6 aromatic rings. The molecular weight excluding hydrogens is 523 g/mol. The highest BCUT2D eigenvalue weighted by atomic mass is 19.4. The second-order valence-corrected chi connectivity index (χ2v) is 10.5. The minimum atomic E-state index is -4.52. The lowest BCUT2D eigenvalue weighted by Gasteiger charge is -2.23. The summed E-state index contributed by atoms with van der Waals surface area (Å²) in [6.45, 7) is 0.329. The van der Waals surface area contributed by atoms with E-state index in [0.717, 1.165) is 62.7 Å². The molecule has 1 saturated carbocycles. The van der Waals surface area contributed by atoms with Crippen LogP contribution in [0.1, 0.15) is 41.9 Å². The fourth-order valence-electron chi connectivity index (χ4n) is 5.80. The molecule has 13 heteroatoms. The quantitative estimate of drug-likeness (QED) is 0.351. The van der Waals surface area contributed by atoms with E-state index in [1.807, 2.05) is 37.5 Å². The number of hydrogen-bond donors (Lipinski definition) is 1. The van der Waals surface area contributed by atoms with Crippen molar-refractivity contribution in [3.63, 3.8) is 0 Å². The molecule has 0 amide bonds. The molecule has 6 heterocycles. The average molecular weight is 546 g/mol. The molecule has 1 atom stereocenters. The number of aryl methyl sites for hydroxylation is 2. The molecule has 40 heavy (non-hydrogen) atoms. The van der Waals surface area contributed by atoms with Crippen molar-refractivity contribution in [1.29, 1.82) is 0 Å². The van der Waals surface area contributed by atoms with E-state index in [1.54, 1.807) is 10.9 Å². The minimum Gasteiger partial charge on any atom is -0.385 e. The molecule has 2 aliphatic rings. The predicted octanol–water partition coefficient (Wildman–Crippen LogP) is 4.51. The third kappa shape index (κ3) is 3.36. The molecular formula is C27H22F3N9O. The van der Waals surface area contributed by atoms with Crippen LogP contribution in [0.2, 0.25) is 0 Å². The maximum atomic E-state index is 13.4. The normalized spacial score (nSPS) is 17.1. The smallest absolute Gasteiger partial charge is 0.385 e. The van der Waals surface area contributed by atoms with Gasteiger partial charge in [-0.05, 0) is 25.0 Å². The van der Waals surface area contributed by atoms with Crippen molar-refractivity contribution in [2.45, 2.75) is 37.6 Å². The van der Waals surface area contributed by atoms with Gasteiger partial charge in [-0.2, -0.15) is 28.5 Å². The predicted molar refractivity (Wildman–Crippen MR) is 138 cm³/mol. The van der Waals surface area contributed by atoms with Crippen LogP contribution in [0.4, 0.5) is 13.2 Å². The zero-order valence-corrected chi connectivity index (χ0v) is 21.4. The summed E-state index contributed by atoms with van der Waals surface area (Å²) >= 11 is 0. The van der Waals surface area contributed by atoms with Gasteiger partial charge in [-0.1, -0.05) is 12.1 Å². The van der Waals surface area contributed by atoms with Crippen LogP contribution < -0.4 is 0 Å². The number of hydrogen-bond acceptors (Lipinski definition) is 6. The van der Waals surface area contributed by atoms with E-state index >= 15 is 0 Å². The van der Waals surface area contributed by atoms with E-state index in [4.69, 9.17) is 4.98 Å². The number of aliphatic hydroxyl groups excluding tert-OH is 1. The number of nitrogens with zero attached hydrogens (tertiary/aromatic N) is 9. The molecule has 8 rings (SSSR count). The Kier molecular flexibility index (Phi) is 4.55. The van der Waals surface area contributed by atoms with Gasteiger partial charge in [-0.3, -0.25) is 9.36 Å². The highest BCUT2D eigenvalue weighted by Gasteiger charge is 2.38. The van der Waals surface area contributed by atoms with Crippen molar-refractivity contribution in [3.8, 4) is 28.5 Å². The number of halogens is 3. The van der Waals surface area contributed by atoms with Crippen molar-refractivity contribution in [2.24, 2.45) is 14.1 Å². The third-order valence-corrected chi connectivity index (χ3v) is 7.72. The third-order valence-electron chi connectivity index (χ3n) is 7.72. The van der Waals surface area contributed by atoms with Gasteiger partial charge < -0.3 is 9.67 Å². The van der Waals surface area contributed by atoms with Gasteiger partial charge in [0, 0.05) is 66.1 Å². The molecule has 1 fully saturated rings. The monoisotopic (exact) mass is 545 g/mol. The Balaban J connectivity index is 1.32. The fraction of sp³-hybridized carbons (Fsp3) is 0.296. The summed E-state index contributed by atoms with van der Waals surface area (Å²) in [5.41, 5.74) is 4.31. The van der Waals surface area contributed by atoms with E-state index in [9.17, 15) is 18.3 Å². The fourth-order valence-corrected chi connectivity index (χ4v) is 5.80. The molecule has 0 bridgehead atoms. The van der Waals surface area contributed by atoms with Crippen LogP contribution in [0, 0.1) is 0 Å². The maximum Gasteiger partial charge on any atom is 0.433 e. The molecule has 1 N–H and O–H groups in total. The van der Waals surface area contributed by atoms with E-state index in [2.05, 4.69) is 24.8 Å². The number of pyridine rings is 1. The highest BCUT2D eigenvalue weighted by Crippen LogP contribution is 2.49. The number of aromatic nitrogens is 9. The zero-order chi connectivity index (χ0) is 27.5. The molecule has 5 aromatic heterocycles. The van der Waals surface area contributed by atoms with E-state index < -0.39 is 18.0 Å². The van der Waals surface area contributed by atoms with Crippen molar-refractivity contribution in [1.82, 2.24) is 43.9 Å². The molecule has 0 spiro atoms. The summed E-state index contributed by atoms with van der Waals surface area (Å²) < 4.78 is 46.2. The summed E-state index contributed by atoms with van der Waals surface area (Å²) in [4.78, 5) is 9.80. The van der Waals surface area contributed by atoms with Gasteiger partial charge in [0.1, 0.15) is 17.6 Å². The van der Waals surface area contributed by atoms with Gasteiger partial charge in [-0.15, -0.1) is 0 Å². The summed E-state index contributed by atoms with van der Waals surface area (Å²) in [5.74, 6) is 1.11. The van der Waals surface area contributed by atoms with Crippen LogP contribution in [-0.4, -0.2) is 49.0 Å². The van der Waals surface area contributed by atoms with Crippen LogP contribution in [0.3, 0.4) is 0 Å². The largest absolute Gasteiger partial charge is 0.433 e. The van der Waals surface area contributed by atoms with Gasteiger partial charge >= 0.3 is 6.18 Å². The Morgan fingerprint density at radius 1 is 0.975 bits per heavy atom. The van der Waals surface area contributed by atoms with E-state index in [0.29, 0.717) is 29.3 Å². The summed E-state index contributed by atoms with van der Waals surface area (Å²) in [6, 6.07) is 8.60. The second-order valence-electron chi connectivity index (χ2n) is 10.5. The van der Waals surface area contributed by atoms with E-state index in [1.165, 1.54) is 11.7 Å². The van der Waals surface area contributed by atoms with Crippen LogP contribution in [0.5, 0.6) is 0 Å². The zero-order valence-electron chi connectivity index (χ0n) is 21.4. The number of aliphatic hydroxyl groups is 1. The molecule has 0 radical (unpaired) electrons. The number of fused-ring (bicyclic) bond motifs is 5. The first-order chi connectivity index (χ1) is 19.2. The lowest BCUT2D eigenvalue weighted by atomic mass is 10.0. The van der Waals surface area contributed by atoms with Gasteiger partial charge in [0.25, 0.3) is 0 Å². The van der Waals surface area contributed by atoms with Gasteiger partial charge in [-0.25, -0.2) is 14.6 Å². The first kappa shape index (κ1) is 23.4. The lowest BCUT2D eigenvalue weighted by molar-refractivity contribution is -0.143. The van der Waals surface area contributed by atoms with Gasteiger partial charge in [0.15, 0.2) is 11.5 Å². The lowest BCUT2D eigenvalue weighted by Crippen LogP contribution is -2.19. The average Bonchev–Trinajstić information content (AvgIpc) is 3.22. The summed E-state index contributed by atoms with van der Waals surface area (Å²) in [7, 11) is 3.09. The SMILES string of the molecule is Cn1cc2cc3c(nc2n1)C(O)Cn1c-3nc(-c2cccc3nn(-c4cc(C(F)(F)F)n(C)n4)cc23)c1C1CC1. The second kappa shape index (κ2) is 7.78. The number of alkyl halides is 3. The maximum absolute atomic E-state index is 13.4. The van der Waals surface area contributed by atoms with Crippen LogP contribution in [0.15, 0.2) is 42.7 Å². The molecule has 10 nitrogen and oxygen atoms in total. The van der Waals surface area contributed by atoms with Crippen LogP contribution in [0.25, 0.3) is 50.4 Å². The standard InChI is InChI=1S/C27H22F3N9O/c1-36-10-14-8-16-22(31-25(14)35-36)19(40)12-38-24(13-6-7-13)23(32-26(16)38)15-4-3-5-18-17(15)11-39(33-18)21-9-20(27(28,29)30)37(2)34-21/h3-5,8-11,13,19,40H,6-7,12H2,1-2H3. The molecule has 0 saturated heterocycles. The van der Waals surface area contributed by atoms with Gasteiger partial charge in [0.05, 0.1) is 23.4 Å². The summed E-state index contributed by atoms with van der Waals surface area (Å²) in [6.07, 6.45) is 0.291. The molecule has 1 unspecified atom stereocenters. The van der Waals surface area contributed by atoms with Crippen molar-refractivity contribution >= 4 is 21.9 Å². The van der Waals surface area contributed by atoms with Crippen LogP contribution in [-0.2, 0) is 26.8 Å².